The summed E-state index contributed by atoms with van der Waals surface area (Å²) < 4.78 is 42.2. The summed E-state index contributed by atoms with van der Waals surface area (Å²) in [4.78, 5) is 0. The fourth-order valence-corrected chi connectivity index (χ4v) is 2.86. The van der Waals surface area contributed by atoms with Crippen LogP contribution in [0.2, 0.25) is 0 Å². The van der Waals surface area contributed by atoms with E-state index in [4.69, 9.17) is 0 Å². The minimum absolute atomic E-state index is 0.153. The Bertz CT molecular complexity index is 626. The van der Waals surface area contributed by atoms with Gasteiger partial charge in [-0.15, -0.1) is 0 Å². The molecule has 0 amide bonds. The van der Waals surface area contributed by atoms with Gasteiger partial charge in [-0.05, 0) is 58.9 Å². The number of benzene rings is 2. The van der Waals surface area contributed by atoms with Crippen molar-refractivity contribution in [3.05, 3.63) is 67.9 Å². The fraction of sp³-hybridized carbons (Fsp3) is 0.143. The lowest BCUT2D eigenvalue weighted by molar-refractivity contribution is 0.516. The average molecular weight is 409 g/mol. The lowest BCUT2D eigenvalue weighted by Crippen LogP contribution is -2.21. The predicted molar refractivity (Wildman–Crippen MR) is 79.1 cm³/mol. The van der Waals surface area contributed by atoms with Crippen LogP contribution in [0.15, 0.2) is 39.3 Å². The molecular formula is C14H10Br2F3N. The van der Waals surface area contributed by atoms with Crippen molar-refractivity contribution in [3.8, 4) is 0 Å². The highest BCUT2D eigenvalue weighted by Gasteiger charge is 2.23. The third-order valence-corrected chi connectivity index (χ3v) is 3.95. The molecule has 0 saturated heterocycles. The molecule has 2 aromatic carbocycles. The van der Waals surface area contributed by atoms with Gasteiger partial charge in [0.2, 0.25) is 0 Å². The molecule has 1 nitrogen and oxygen atoms in total. The molecule has 0 aliphatic rings. The van der Waals surface area contributed by atoms with Crippen molar-refractivity contribution in [1.29, 1.82) is 0 Å². The Kier molecular flexibility index (Phi) is 4.88. The van der Waals surface area contributed by atoms with E-state index in [2.05, 4.69) is 37.2 Å². The van der Waals surface area contributed by atoms with Crippen molar-refractivity contribution >= 4 is 31.9 Å². The van der Waals surface area contributed by atoms with E-state index in [1.165, 1.54) is 24.3 Å². The van der Waals surface area contributed by atoms with Crippen molar-refractivity contribution in [2.24, 2.45) is 0 Å². The molecule has 0 heterocycles. The van der Waals surface area contributed by atoms with Crippen LogP contribution in [0.4, 0.5) is 13.2 Å². The first-order chi connectivity index (χ1) is 9.43. The Morgan fingerprint density at radius 2 is 1.75 bits per heavy atom. The van der Waals surface area contributed by atoms with Gasteiger partial charge >= 0.3 is 0 Å². The smallest absolute Gasteiger partial charge is 0.145 e. The van der Waals surface area contributed by atoms with Gasteiger partial charge in [-0.2, -0.15) is 0 Å². The Labute approximate surface area is 131 Å². The second-order valence-corrected chi connectivity index (χ2v) is 5.95. The number of halogens is 5. The summed E-state index contributed by atoms with van der Waals surface area (Å²) >= 11 is 6.20. The second kappa shape index (κ2) is 6.28. The maximum absolute atomic E-state index is 14.2. The van der Waals surface area contributed by atoms with Crippen LogP contribution in [0.1, 0.15) is 17.2 Å². The van der Waals surface area contributed by atoms with Gasteiger partial charge in [0.1, 0.15) is 17.5 Å². The number of nitrogens with one attached hydrogen (secondary N) is 1. The molecule has 0 spiro atoms. The first-order valence-electron chi connectivity index (χ1n) is 5.70. The maximum Gasteiger partial charge on any atom is 0.145 e. The monoisotopic (exact) mass is 407 g/mol. The Balaban J connectivity index is 2.61. The van der Waals surface area contributed by atoms with E-state index >= 15 is 0 Å². The fourth-order valence-electron chi connectivity index (χ4n) is 2.03. The quantitative estimate of drug-likeness (QED) is 0.709. The molecule has 0 aliphatic carbocycles. The number of hydrogen-bond acceptors (Lipinski definition) is 1. The van der Waals surface area contributed by atoms with E-state index in [0.29, 0.717) is 10.0 Å². The predicted octanol–water partition coefficient (Wildman–Crippen LogP) is 4.94. The summed E-state index contributed by atoms with van der Waals surface area (Å²) in [5, 5.41) is 2.81. The van der Waals surface area contributed by atoms with Gasteiger partial charge in [-0.25, -0.2) is 13.2 Å². The largest absolute Gasteiger partial charge is 0.309 e. The summed E-state index contributed by atoms with van der Waals surface area (Å²) in [6.45, 7) is 0. The molecule has 106 valence electrons. The van der Waals surface area contributed by atoms with Gasteiger partial charge in [0, 0.05) is 10.0 Å². The summed E-state index contributed by atoms with van der Waals surface area (Å²) in [6, 6.07) is 5.81. The van der Waals surface area contributed by atoms with Crippen molar-refractivity contribution < 1.29 is 13.2 Å². The molecule has 0 fully saturated rings. The second-order valence-electron chi connectivity index (χ2n) is 4.18. The maximum atomic E-state index is 14.2. The first kappa shape index (κ1) is 15.5. The highest BCUT2D eigenvalue weighted by molar-refractivity contribution is 9.10. The van der Waals surface area contributed by atoms with Crippen LogP contribution in [0.3, 0.4) is 0 Å². The molecule has 1 atom stereocenters. The summed E-state index contributed by atoms with van der Waals surface area (Å²) in [5.41, 5.74) is 0.273. The zero-order valence-corrected chi connectivity index (χ0v) is 13.5. The Morgan fingerprint density at radius 1 is 1.05 bits per heavy atom. The molecular weight excluding hydrogens is 399 g/mol. The molecule has 2 aromatic rings. The van der Waals surface area contributed by atoms with Crippen molar-refractivity contribution in [3.63, 3.8) is 0 Å². The number of hydrogen-bond donors (Lipinski definition) is 1. The van der Waals surface area contributed by atoms with Gasteiger partial charge in [0.15, 0.2) is 0 Å². The van der Waals surface area contributed by atoms with Crippen LogP contribution in [-0.2, 0) is 0 Å². The van der Waals surface area contributed by atoms with E-state index in [-0.39, 0.29) is 10.0 Å². The lowest BCUT2D eigenvalue weighted by Gasteiger charge is -2.19. The summed E-state index contributed by atoms with van der Waals surface area (Å²) in [5.74, 6) is -1.87. The molecule has 0 aromatic heterocycles. The summed E-state index contributed by atoms with van der Waals surface area (Å²) in [7, 11) is 1.56. The third-order valence-electron chi connectivity index (χ3n) is 2.88. The molecule has 20 heavy (non-hydrogen) atoms. The van der Waals surface area contributed by atoms with Crippen LogP contribution in [0.25, 0.3) is 0 Å². The van der Waals surface area contributed by atoms with Gasteiger partial charge in [0.25, 0.3) is 0 Å². The third kappa shape index (κ3) is 3.07. The molecule has 6 heteroatoms. The average Bonchev–Trinajstić information content (AvgIpc) is 2.38. The standard InChI is InChI=1S/C14H10Br2F3N/c1-20-14(7-4-8(15)6-9(17)5-7)12-11(18)3-2-10(16)13(12)19/h2-6,14,20H,1H3. The van der Waals surface area contributed by atoms with Crippen LogP contribution >= 0.6 is 31.9 Å². The zero-order chi connectivity index (χ0) is 14.9. The van der Waals surface area contributed by atoms with Gasteiger partial charge in [-0.3, -0.25) is 0 Å². The van der Waals surface area contributed by atoms with E-state index < -0.39 is 23.5 Å². The topological polar surface area (TPSA) is 12.0 Å². The molecule has 2 rings (SSSR count). The minimum atomic E-state index is -0.792. The molecule has 0 saturated carbocycles. The van der Waals surface area contributed by atoms with Crippen molar-refractivity contribution in [1.82, 2.24) is 5.32 Å². The first-order valence-corrected chi connectivity index (χ1v) is 7.29. The van der Waals surface area contributed by atoms with Crippen LogP contribution in [0, 0.1) is 17.5 Å². The van der Waals surface area contributed by atoms with Gasteiger partial charge in [-0.1, -0.05) is 15.9 Å². The SMILES string of the molecule is CNC(c1cc(F)cc(Br)c1)c1c(F)ccc(Br)c1F. The highest BCUT2D eigenvalue weighted by atomic mass is 79.9. The Hall–Kier alpha value is -0.850. The van der Waals surface area contributed by atoms with Crippen LogP contribution < -0.4 is 5.32 Å². The molecule has 0 radical (unpaired) electrons. The van der Waals surface area contributed by atoms with Crippen LogP contribution in [0.5, 0.6) is 0 Å². The molecule has 1 unspecified atom stereocenters. The van der Waals surface area contributed by atoms with E-state index in [1.54, 1.807) is 13.1 Å². The van der Waals surface area contributed by atoms with Crippen LogP contribution in [-0.4, -0.2) is 7.05 Å². The molecule has 1 N–H and O–H groups in total. The van der Waals surface area contributed by atoms with Crippen molar-refractivity contribution in [2.45, 2.75) is 6.04 Å². The molecule has 0 aliphatic heterocycles. The minimum Gasteiger partial charge on any atom is -0.309 e. The van der Waals surface area contributed by atoms with Gasteiger partial charge < -0.3 is 5.32 Å². The van der Waals surface area contributed by atoms with Gasteiger partial charge in [0.05, 0.1) is 10.5 Å². The Morgan fingerprint density at radius 3 is 2.35 bits per heavy atom. The molecule has 0 bridgehead atoms. The number of rotatable bonds is 3. The highest BCUT2D eigenvalue weighted by Crippen LogP contribution is 2.32. The normalized spacial score (nSPS) is 12.5. The summed E-state index contributed by atoms with van der Waals surface area (Å²) in [6.07, 6.45) is 0. The van der Waals surface area contributed by atoms with Crippen molar-refractivity contribution in [2.75, 3.05) is 7.05 Å². The zero-order valence-electron chi connectivity index (χ0n) is 10.4. The lowest BCUT2D eigenvalue weighted by atomic mass is 9.97. The van der Waals surface area contributed by atoms with E-state index in [0.717, 1.165) is 0 Å². The van der Waals surface area contributed by atoms with E-state index in [9.17, 15) is 13.2 Å². The van der Waals surface area contributed by atoms with E-state index in [1.807, 2.05) is 0 Å².